The van der Waals surface area contributed by atoms with Crippen molar-refractivity contribution >= 4 is 42.3 Å². The lowest BCUT2D eigenvalue weighted by Gasteiger charge is -2.14. The molecule has 4 N–H and O–H groups in total. The molecule has 0 spiro atoms. The second-order valence-corrected chi connectivity index (χ2v) is 6.38. The van der Waals surface area contributed by atoms with Gasteiger partial charge in [0.2, 0.25) is 5.91 Å². The number of nitrogens with zero attached hydrogens (tertiary/aromatic N) is 1. The summed E-state index contributed by atoms with van der Waals surface area (Å²) in [5.74, 6) is 0.522. The van der Waals surface area contributed by atoms with Crippen LogP contribution in [-0.4, -0.2) is 47.6 Å². The number of carbonyl (C=O) groups excluding carboxylic acids is 2. The van der Waals surface area contributed by atoms with Crippen LogP contribution in [0.25, 0.3) is 0 Å². The zero-order chi connectivity index (χ0) is 19.4. The van der Waals surface area contributed by atoms with Gasteiger partial charge in [-0.25, -0.2) is 0 Å². The molecule has 2 unspecified atom stereocenters. The number of hydrogen-bond donors (Lipinski definition) is 4. The number of carbonyl (C=O) groups is 2. The number of aliphatic hydroxyl groups is 1. The number of benzene rings is 1. The van der Waals surface area contributed by atoms with Crippen LogP contribution in [-0.2, 0) is 4.79 Å². The highest BCUT2D eigenvalue weighted by Crippen LogP contribution is 2.28. The summed E-state index contributed by atoms with van der Waals surface area (Å²) < 4.78 is 5.88. The molecule has 2 atom stereocenters. The third-order valence-electron chi connectivity index (χ3n) is 4.30. The van der Waals surface area contributed by atoms with Gasteiger partial charge in [-0.1, -0.05) is 6.07 Å². The van der Waals surface area contributed by atoms with Crippen molar-refractivity contribution in [3.05, 3.63) is 47.8 Å². The summed E-state index contributed by atoms with van der Waals surface area (Å²) in [5, 5.41) is 17.9. The SMILES string of the molecule is CNC(=O)c1cc(Oc2cc(NC(=O)C3CC(O)CN3)ccc2C)ccn1.Cl.Cl. The number of aryl methyl sites for hydroxylation is 1. The minimum Gasteiger partial charge on any atom is -0.457 e. The number of nitrogens with one attached hydrogen (secondary N) is 3. The summed E-state index contributed by atoms with van der Waals surface area (Å²) in [5.41, 5.74) is 1.72. The van der Waals surface area contributed by atoms with E-state index in [0.29, 0.717) is 30.2 Å². The van der Waals surface area contributed by atoms with Crippen molar-refractivity contribution in [2.24, 2.45) is 0 Å². The minimum absolute atomic E-state index is 0. The monoisotopic (exact) mass is 442 g/mol. The van der Waals surface area contributed by atoms with Crippen LogP contribution in [0.4, 0.5) is 5.69 Å². The summed E-state index contributed by atoms with van der Waals surface area (Å²) in [6.45, 7) is 2.30. The number of aromatic nitrogens is 1. The van der Waals surface area contributed by atoms with Gasteiger partial charge in [-0.3, -0.25) is 14.6 Å². The highest BCUT2D eigenvalue weighted by Gasteiger charge is 2.28. The number of anilines is 1. The lowest BCUT2D eigenvalue weighted by atomic mass is 10.1. The maximum Gasteiger partial charge on any atom is 0.269 e. The first-order chi connectivity index (χ1) is 13.0. The predicted octanol–water partition coefficient (Wildman–Crippen LogP) is 2.05. The number of pyridine rings is 1. The molecule has 8 nitrogen and oxygen atoms in total. The molecule has 0 saturated carbocycles. The molecule has 1 fully saturated rings. The molecule has 1 aromatic heterocycles. The topological polar surface area (TPSA) is 113 Å². The van der Waals surface area contributed by atoms with E-state index in [-0.39, 0.29) is 42.3 Å². The lowest BCUT2D eigenvalue weighted by molar-refractivity contribution is -0.117. The summed E-state index contributed by atoms with van der Waals surface area (Å²) >= 11 is 0. The van der Waals surface area contributed by atoms with E-state index in [2.05, 4.69) is 20.9 Å². The molecule has 1 aliphatic rings. The predicted molar refractivity (Wildman–Crippen MR) is 114 cm³/mol. The highest BCUT2D eigenvalue weighted by atomic mass is 35.5. The maximum atomic E-state index is 12.3. The summed E-state index contributed by atoms with van der Waals surface area (Å²) in [7, 11) is 1.53. The Bertz CT molecular complexity index is 866. The molecule has 0 aliphatic carbocycles. The summed E-state index contributed by atoms with van der Waals surface area (Å²) in [6, 6.07) is 8.13. The number of ether oxygens (including phenoxy) is 1. The van der Waals surface area contributed by atoms with Gasteiger partial charge in [-0.15, -0.1) is 24.8 Å². The highest BCUT2D eigenvalue weighted by molar-refractivity contribution is 5.95. The Balaban J connectivity index is 0.00000210. The normalized spacial score (nSPS) is 17.5. The van der Waals surface area contributed by atoms with Gasteiger partial charge in [-0.2, -0.15) is 0 Å². The third kappa shape index (κ3) is 6.30. The molecular formula is C19H24Cl2N4O4. The van der Waals surface area contributed by atoms with Crippen LogP contribution in [0.1, 0.15) is 22.5 Å². The molecule has 29 heavy (non-hydrogen) atoms. The molecule has 3 rings (SSSR count). The van der Waals surface area contributed by atoms with E-state index < -0.39 is 12.1 Å². The zero-order valence-electron chi connectivity index (χ0n) is 16.0. The van der Waals surface area contributed by atoms with Gasteiger partial charge >= 0.3 is 0 Å². The van der Waals surface area contributed by atoms with E-state index >= 15 is 0 Å². The Hall–Kier alpha value is -2.39. The Morgan fingerprint density at radius 2 is 2.00 bits per heavy atom. The largest absolute Gasteiger partial charge is 0.457 e. The van der Waals surface area contributed by atoms with Crippen molar-refractivity contribution in [3.63, 3.8) is 0 Å². The van der Waals surface area contributed by atoms with Gasteiger partial charge < -0.3 is 25.8 Å². The fourth-order valence-electron chi connectivity index (χ4n) is 2.79. The molecule has 1 saturated heterocycles. The van der Waals surface area contributed by atoms with Crippen molar-refractivity contribution in [1.82, 2.24) is 15.6 Å². The number of amides is 2. The molecule has 1 aliphatic heterocycles. The maximum absolute atomic E-state index is 12.3. The van der Waals surface area contributed by atoms with Crippen molar-refractivity contribution in [3.8, 4) is 11.5 Å². The second kappa shape index (κ2) is 11.0. The summed E-state index contributed by atoms with van der Waals surface area (Å²) in [4.78, 5) is 28.0. The zero-order valence-corrected chi connectivity index (χ0v) is 17.6. The Morgan fingerprint density at radius 1 is 1.24 bits per heavy atom. The average Bonchev–Trinajstić information content (AvgIpc) is 3.10. The van der Waals surface area contributed by atoms with Crippen molar-refractivity contribution in [2.45, 2.75) is 25.5 Å². The molecule has 0 radical (unpaired) electrons. The second-order valence-electron chi connectivity index (χ2n) is 6.38. The molecule has 158 valence electrons. The number of β-amino-alcohol motifs (C(OH)–C–C–N with tert-alkyl or cyclic N) is 1. The Morgan fingerprint density at radius 3 is 2.66 bits per heavy atom. The van der Waals surface area contributed by atoms with Crippen molar-refractivity contribution in [1.29, 1.82) is 0 Å². The van der Waals surface area contributed by atoms with Crippen molar-refractivity contribution < 1.29 is 19.4 Å². The van der Waals surface area contributed by atoms with Crippen molar-refractivity contribution in [2.75, 3.05) is 18.9 Å². The first kappa shape index (κ1) is 24.6. The molecule has 2 heterocycles. The van der Waals surface area contributed by atoms with Gasteiger partial charge in [0, 0.05) is 37.6 Å². The fourth-order valence-corrected chi connectivity index (χ4v) is 2.79. The number of hydrogen-bond acceptors (Lipinski definition) is 6. The van der Waals surface area contributed by atoms with Gasteiger partial charge in [0.05, 0.1) is 12.1 Å². The standard InChI is InChI=1S/C19H22N4O4.2ClH/c1-11-3-4-12(23-19(26)15-8-13(24)10-22-15)7-17(11)27-14-5-6-21-16(9-14)18(25)20-2;;/h3-7,9,13,15,22,24H,8,10H2,1-2H3,(H,20,25)(H,23,26);2*1H. The number of aliphatic hydroxyl groups excluding tert-OH is 1. The van der Waals surface area contributed by atoms with E-state index in [0.717, 1.165) is 5.56 Å². The number of halogens is 2. The quantitative estimate of drug-likeness (QED) is 0.563. The van der Waals surface area contributed by atoms with Crippen LogP contribution in [0.15, 0.2) is 36.5 Å². The van der Waals surface area contributed by atoms with Crippen LogP contribution in [0.2, 0.25) is 0 Å². The average molecular weight is 443 g/mol. The molecule has 1 aromatic carbocycles. The smallest absolute Gasteiger partial charge is 0.269 e. The van der Waals surface area contributed by atoms with Gasteiger partial charge in [-0.05, 0) is 31.0 Å². The molecular weight excluding hydrogens is 419 g/mol. The first-order valence-electron chi connectivity index (χ1n) is 8.65. The fraction of sp³-hybridized carbons (Fsp3) is 0.316. The van der Waals surface area contributed by atoms with Crippen LogP contribution in [0.3, 0.4) is 0 Å². The molecule has 10 heteroatoms. The molecule has 2 aromatic rings. The van der Waals surface area contributed by atoms with Gasteiger partial charge in [0.15, 0.2) is 0 Å². The number of rotatable bonds is 5. The van der Waals surface area contributed by atoms with E-state index in [1.54, 1.807) is 24.3 Å². The Labute approximate surface area is 181 Å². The third-order valence-corrected chi connectivity index (χ3v) is 4.30. The lowest BCUT2D eigenvalue weighted by Crippen LogP contribution is -2.35. The van der Waals surface area contributed by atoms with E-state index in [1.165, 1.54) is 13.2 Å². The van der Waals surface area contributed by atoms with Crippen LogP contribution >= 0.6 is 24.8 Å². The Kier molecular flexibility index (Phi) is 9.32. The van der Waals surface area contributed by atoms with Crippen LogP contribution < -0.4 is 20.7 Å². The minimum atomic E-state index is -0.501. The van der Waals surface area contributed by atoms with Crippen LogP contribution in [0, 0.1) is 6.92 Å². The first-order valence-corrected chi connectivity index (χ1v) is 8.65. The van der Waals surface area contributed by atoms with E-state index in [4.69, 9.17) is 4.74 Å². The molecule has 0 bridgehead atoms. The van der Waals surface area contributed by atoms with E-state index in [9.17, 15) is 14.7 Å². The molecule has 2 amide bonds. The van der Waals surface area contributed by atoms with Crippen LogP contribution in [0.5, 0.6) is 11.5 Å². The summed E-state index contributed by atoms with van der Waals surface area (Å²) in [6.07, 6.45) is 1.39. The van der Waals surface area contributed by atoms with E-state index in [1.807, 2.05) is 13.0 Å². The van der Waals surface area contributed by atoms with Gasteiger partial charge in [0.1, 0.15) is 17.2 Å². The van der Waals surface area contributed by atoms with Gasteiger partial charge in [0.25, 0.3) is 5.91 Å².